The summed E-state index contributed by atoms with van der Waals surface area (Å²) in [4.78, 5) is 0. The molecule has 0 saturated heterocycles. The van der Waals surface area contributed by atoms with Crippen LogP contribution >= 0.6 is 23.2 Å². The lowest BCUT2D eigenvalue weighted by Crippen LogP contribution is -1.95. The monoisotopic (exact) mass is 220 g/mol. The smallest absolute Gasteiger partial charge is 0.165 e. The summed E-state index contributed by atoms with van der Waals surface area (Å²) in [5, 5.41) is 0. The summed E-state index contributed by atoms with van der Waals surface area (Å²) >= 11 is 10.7. The topological polar surface area (TPSA) is 9.23 Å². The number of para-hydroxylation sites is 1. The second kappa shape index (κ2) is 5.10. The summed E-state index contributed by atoms with van der Waals surface area (Å²) in [5.74, 6) is -0.213. The van der Waals surface area contributed by atoms with E-state index >= 15 is 0 Å². The second-order valence-electron chi connectivity index (χ2n) is 2.24. The van der Waals surface area contributed by atoms with Crippen molar-refractivity contribution in [3.05, 3.63) is 40.7 Å². The summed E-state index contributed by atoms with van der Waals surface area (Å²) in [6.45, 7) is 0.156. The van der Waals surface area contributed by atoms with Gasteiger partial charge in [0.15, 0.2) is 11.6 Å². The Labute approximate surface area is 85.7 Å². The minimum absolute atomic E-state index is 0.108. The van der Waals surface area contributed by atoms with Gasteiger partial charge < -0.3 is 4.74 Å². The van der Waals surface area contributed by atoms with E-state index in [0.29, 0.717) is 0 Å². The molecule has 70 valence electrons. The van der Waals surface area contributed by atoms with E-state index in [1.165, 1.54) is 18.2 Å². The Morgan fingerprint density at radius 3 is 2.69 bits per heavy atom. The van der Waals surface area contributed by atoms with E-state index in [-0.39, 0.29) is 16.8 Å². The van der Waals surface area contributed by atoms with E-state index in [2.05, 4.69) is 0 Å². The molecule has 0 aliphatic heterocycles. The Bertz CT molecular complexity index is 308. The van der Waals surface area contributed by atoms with Crippen molar-refractivity contribution in [1.29, 1.82) is 0 Å². The van der Waals surface area contributed by atoms with Crippen LogP contribution in [0.3, 0.4) is 0 Å². The highest BCUT2D eigenvalue weighted by molar-refractivity contribution is 6.55. The Morgan fingerprint density at radius 2 is 2.08 bits per heavy atom. The standard InChI is InChI=1S/C9H7Cl2FO/c10-9(11)5-6-13-8-4-2-1-3-7(8)12/h1-5H,6H2. The van der Waals surface area contributed by atoms with E-state index in [1.807, 2.05) is 0 Å². The van der Waals surface area contributed by atoms with Gasteiger partial charge in [-0.3, -0.25) is 0 Å². The molecule has 0 unspecified atom stereocenters. The molecule has 0 amide bonds. The number of halogens is 3. The number of hydrogen-bond donors (Lipinski definition) is 0. The van der Waals surface area contributed by atoms with Gasteiger partial charge in [0.2, 0.25) is 0 Å². The van der Waals surface area contributed by atoms with Crippen LogP contribution in [0, 0.1) is 5.82 Å². The Balaban J connectivity index is 2.55. The van der Waals surface area contributed by atoms with Crippen LogP contribution in [0.1, 0.15) is 0 Å². The Morgan fingerprint density at radius 1 is 1.38 bits per heavy atom. The molecule has 13 heavy (non-hydrogen) atoms. The molecule has 0 saturated carbocycles. The van der Waals surface area contributed by atoms with E-state index in [1.54, 1.807) is 12.1 Å². The van der Waals surface area contributed by atoms with Gasteiger partial charge in [0.25, 0.3) is 0 Å². The van der Waals surface area contributed by atoms with Crippen LogP contribution < -0.4 is 4.74 Å². The lowest BCUT2D eigenvalue weighted by atomic mass is 10.3. The fourth-order valence-electron chi connectivity index (χ4n) is 0.756. The highest BCUT2D eigenvalue weighted by atomic mass is 35.5. The summed E-state index contributed by atoms with van der Waals surface area (Å²) in [7, 11) is 0. The zero-order valence-corrected chi connectivity index (χ0v) is 8.15. The van der Waals surface area contributed by atoms with Crippen LogP contribution in [0.5, 0.6) is 5.75 Å². The number of benzene rings is 1. The quantitative estimate of drug-likeness (QED) is 0.758. The molecule has 1 aromatic rings. The van der Waals surface area contributed by atoms with Gasteiger partial charge >= 0.3 is 0 Å². The molecule has 4 heteroatoms. The highest BCUT2D eigenvalue weighted by Crippen LogP contribution is 2.15. The van der Waals surface area contributed by atoms with Crippen LogP contribution in [0.25, 0.3) is 0 Å². The predicted octanol–water partition coefficient (Wildman–Crippen LogP) is 3.52. The van der Waals surface area contributed by atoms with Crippen LogP contribution in [0.2, 0.25) is 0 Å². The molecular weight excluding hydrogens is 214 g/mol. The third-order valence-electron chi connectivity index (χ3n) is 1.31. The summed E-state index contributed by atoms with van der Waals surface area (Å²) in [6, 6.07) is 6.13. The summed E-state index contributed by atoms with van der Waals surface area (Å²) in [6.07, 6.45) is 1.44. The highest BCUT2D eigenvalue weighted by Gasteiger charge is 1.99. The van der Waals surface area contributed by atoms with E-state index in [9.17, 15) is 4.39 Å². The maximum atomic E-state index is 12.9. The zero-order chi connectivity index (χ0) is 9.68. The van der Waals surface area contributed by atoms with Gasteiger partial charge in [-0.15, -0.1) is 0 Å². The minimum atomic E-state index is -0.401. The first kappa shape index (κ1) is 10.4. The maximum absolute atomic E-state index is 12.9. The Hall–Kier alpha value is -0.730. The van der Waals surface area contributed by atoms with E-state index in [0.717, 1.165) is 0 Å². The third-order valence-corrected chi connectivity index (χ3v) is 1.62. The fourth-order valence-corrected chi connectivity index (χ4v) is 0.882. The van der Waals surface area contributed by atoms with Gasteiger partial charge in [-0.2, -0.15) is 0 Å². The number of rotatable bonds is 3. The molecule has 0 radical (unpaired) electrons. The largest absolute Gasteiger partial charge is 0.486 e. The molecule has 0 N–H and O–H groups in total. The lowest BCUT2D eigenvalue weighted by Gasteiger charge is -2.02. The van der Waals surface area contributed by atoms with Crippen LogP contribution in [-0.4, -0.2) is 6.61 Å². The van der Waals surface area contributed by atoms with Gasteiger partial charge in [0, 0.05) is 0 Å². The van der Waals surface area contributed by atoms with Gasteiger partial charge in [-0.1, -0.05) is 35.3 Å². The molecule has 0 aliphatic carbocycles. The number of ether oxygens (including phenoxy) is 1. The van der Waals surface area contributed by atoms with Crippen LogP contribution in [-0.2, 0) is 0 Å². The van der Waals surface area contributed by atoms with Crippen molar-refractivity contribution in [3.63, 3.8) is 0 Å². The lowest BCUT2D eigenvalue weighted by molar-refractivity contribution is 0.341. The molecule has 0 heterocycles. The molecule has 0 aliphatic rings. The van der Waals surface area contributed by atoms with Gasteiger partial charge in [0.1, 0.15) is 11.1 Å². The normalized spacial score (nSPS) is 9.46. The van der Waals surface area contributed by atoms with Crippen molar-refractivity contribution in [2.45, 2.75) is 0 Å². The first-order chi connectivity index (χ1) is 6.20. The van der Waals surface area contributed by atoms with Crippen molar-refractivity contribution >= 4 is 23.2 Å². The minimum Gasteiger partial charge on any atom is -0.486 e. The molecule has 1 nitrogen and oxygen atoms in total. The molecule has 0 bridgehead atoms. The first-order valence-electron chi connectivity index (χ1n) is 3.58. The molecule has 0 fully saturated rings. The molecule has 0 spiro atoms. The molecule has 1 rings (SSSR count). The average molecular weight is 221 g/mol. The van der Waals surface area contributed by atoms with Gasteiger partial charge in [-0.05, 0) is 18.2 Å². The average Bonchev–Trinajstić information content (AvgIpc) is 2.08. The van der Waals surface area contributed by atoms with Gasteiger partial charge in [0.05, 0.1) is 0 Å². The maximum Gasteiger partial charge on any atom is 0.165 e. The molecule has 1 aromatic carbocycles. The van der Waals surface area contributed by atoms with Crippen molar-refractivity contribution < 1.29 is 9.13 Å². The SMILES string of the molecule is Fc1ccccc1OCC=C(Cl)Cl. The summed E-state index contributed by atoms with van der Waals surface area (Å²) in [5.41, 5.74) is 0. The second-order valence-corrected chi connectivity index (χ2v) is 3.24. The zero-order valence-electron chi connectivity index (χ0n) is 6.64. The van der Waals surface area contributed by atoms with Gasteiger partial charge in [-0.25, -0.2) is 4.39 Å². The Kier molecular flexibility index (Phi) is 4.06. The van der Waals surface area contributed by atoms with Crippen molar-refractivity contribution in [3.8, 4) is 5.75 Å². The summed E-state index contributed by atoms with van der Waals surface area (Å²) < 4.78 is 18.0. The third kappa shape index (κ3) is 3.66. The van der Waals surface area contributed by atoms with Crippen LogP contribution in [0.15, 0.2) is 34.8 Å². The molecular formula is C9H7Cl2FO. The molecule has 0 atom stereocenters. The van der Waals surface area contributed by atoms with E-state index in [4.69, 9.17) is 27.9 Å². The van der Waals surface area contributed by atoms with Crippen molar-refractivity contribution in [2.75, 3.05) is 6.61 Å². The van der Waals surface area contributed by atoms with Crippen LogP contribution in [0.4, 0.5) is 4.39 Å². The number of hydrogen-bond acceptors (Lipinski definition) is 1. The fraction of sp³-hybridized carbons (Fsp3) is 0.111. The van der Waals surface area contributed by atoms with E-state index < -0.39 is 5.82 Å². The first-order valence-corrected chi connectivity index (χ1v) is 4.34. The van der Waals surface area contributed by atoms with Crippen molar-refractivity contribution in [1.82, 2.24) is 0 Å². The van der Waals surface area contributed by atoms with Crippen molar-refractivity contribution in [2.24, 2.45) is 0 Å². The molecule has 0 aromatic heterocycles. The predicted molar refractivity (Wildman–Crippen MR) is 51.7 cm³/mol.